The van der Waals surface area contributed by atoms with Gasteiger partial charge in [-0.3, -0.25) is 0 Å². The minimum absolute atomic E-state index is 0.00477. The number of hydrogen-bond donors (Lipinski definition) is 1. The summed E-state index contributed by atoms with van der Waals surface area (Å²) in [5.74, 6) is 0. The fourth-order valence-electron chi connectivity index (χ4n) is 1.82. The lowest BCUT2D eigenvalue weighted by Gasteiger charge is -2.16. The molecule has 14 heavy (non-hydrogen) atoms. The Hall–Kier alpha value is -0.860. The lowest BCUT2D eigenvalue weighted by Crippen LogP contribution is -2.18. The molecule has 1 atom stereocenters. The SMILES string of the molecule is CCc1c(C)cccc1C(N)COC. The largest absolute Gasteiger partial charge is 0.383 e. The van der Waals surface area contributed by atoms with Crippen LogP contribution in [0.5, 0.6) is 0 Å². The van der Waals surface area contributed by atoms with Crippen LogP contribution in [0.2, 0.25) is 0 Å². The van der Waals surface area contributed by atoms with E-state index in [0.29, 0.717) is 6.61 Å². The van der Waals surface area contributed by atoms with Gasteiger partial charge < -0.3 is 10.5 Å². The Morgan fingerprint density at radius 3 is 2.71 bits per heavy atom. The topological polar surface area (TPSA) is 35.2 Å². The molecule has 2 N–H and O–H groups in total. The van der Waals surface area contributed by atoms with Crippen LogP contribution in [0.3, 0.4) is 0 Å². The van der Waals surface area contributed by atoms with E-state index in [2.05, 4.69) is 32.0 Å². The van der Waals surface area contributed by atoms with Crippen LogP contribution in [-0.4, -0.2) is 13.7 Å². The molecule has 1 aromatic rings. The van der Waals surface area contributed by atoms with Gasteiger partial charge in [-0.1, -0.05) is 25.1 Å². The van der Waals surface area contributed by atoms with Crippen LogP contribution in [-0.2, 0) is 11.2 Å². The summed E-state index contributed by atoms with van der Waals surface area (Å²) < 4.78 is 5.07. The molecule has 0 heterocycles. The van der Waals surface area contributed by atoms with Crippen LogP contribution < -0.4 is 5.73 Å². The van der Waals surface area contributed by atoms with E-state index in [-0.39, 0.29) is 6.04 Å². The van der Waals surface area contributed by atoms with Gasteiger partial charge in [0, 0.05) is 7.11 Å². The highest BCUT2D eigenvalue weighted by molar-refractivity contribution is 5.36. The molecular formula is C12H19NO. The Balaban J connectivity index is 3.00. The summed E-state index contributed by atoms with van der Waals surface area (Å²) in [4.78, 5) is 0. The van der Waals surface area contributed by atoms with E-state index in [4.69, 9.17) is 10.5 Å². The van der Waals surface area contributed by atoms with Crippen LogP contribution in [0.1, 0.15) is 29.7 Å². The summed E-state index contributed by atoms with van der Waals surface area (Å²) in [5.41, 5.74) is 9.92. The fourth-order valence-corrected chi connectivity index (χ4v) is 1.82. The molecular weight excluding hydrogens is 174 g/mol. The van der Waals surface area contributed by atoms with Crippen LogP contribution in [0.15, 0.2) is 18.2 Å². The van der Waals surface area contributed by atoms with Crippen molar-refractivity contribution in [1.29, 1.82) is 0 Å². The van der Waals surface area contributed by atoms with Crippen LogP contribution >= 0.6 is 0 Å². The van der Waals surface area contributed by atoms with E-state index in [1.54, 1.807) is 7.11 Å². The van der Waals surface area contributed by atoms with Gasteiger partial charge in [0.05, 0.1) is 12.6 Å². The maximum Gasteiger partial charge on any atom is 0.0655 e. The second kappa shape index (κ2) is 5.13. The molecule has 0 spiro atoms. The summed E-state index contributed by atoms with van der Waals surface area (Å²) in [7, 11) is 1.68. The molecule has 0 radical (unpaired) electrons. The van der Waals surface area contributed by atoms with Crippen molar-refractivity contribution < 1.29 is 4.74 Å². The summed E-state index contributed by atoms with van der Waals surface area (Å²) in [5, 5.41) is 0. The summed E-state index contributed by atoms with van der Waals surface area (Å²) in [6.45, 7) is 4.86. The smallest absolute Gasteiger partial charge is 0.0655 e. The van der Waals surface area contributed by atoms with E-state index >= 15 is 0 Å². The summed E-state index contributed by atoms with van der Waals surface area (Å²) >= 11 is 0. The van der Waals surface area contributed by atoms with Gasteiger partial charge in [-0.05, 0) is 30.0 Å². The van der Waals surface area contributed by atoms with Crippen molar-refractivity contribution >= 4 is 0 Å². The molecule has 0 fully saturated rings. The lowest BCUT2D eigenvalue weighted by atomic mass is 9.95. The van der Waals surface area contributed by atoms with Crippen molar-refractivity contribution in [2.24, 2.45) is 5.73 Å². The van der Waals surface area contributed by atoms with Gasteiger partial charge in [0.25, 0.3) is 0 Å². The van der Waals surface area contributed by atoms with Crippen molar-refractivity contribution in [3.63, 3.8) is 0 Å². The Bertz CT molecular complexity index is 296. The number of hydrogen-bond acceptors (Lipinski definition) is 2. The predicted molar refractivity (Wildman–Crippen MR) is 59.4 cm³/mol. The molecule has 2 nitrogen and oxygen atoms in total. The fraction of sp³-hybridized carbons (Fsp3) is 0.500. The van der Waals surface area contributed by atoms with E-state index in [9.17, 15) is 0 Å². The first-order chi connectivity index (χ1) is 6.70. The molecule has 1 rings (SSSR count). The van der Waals surface area contributed by atoms with E-state index in [0.717, 1.165) is 6.42 Å². The van der Waals surface area contributed by atoms with Gasteiger partial charge in [-0.15, -0.1) is 0 Å². The highest BCUT2D eigenvalue weighted by atomic mass is 16.5. The molecule has 1 unspecified atom stereocenters. The molecule has 78 valence electrons. The van der Waals surface area contributed by atoms with Crippen molar-refractivity contribution in [2.45, 2.75) is 26.3 Å². The number of methoxy groups -OCH3 is 1. The normalized spacial score (nSPS) is 12.9. The zero-order valence-electron chi connectivity index (χ0n) is 9.21. The van der Waals surface area contributed by atoms with E-state index < -0.39 is 0 Å². The Labute approximate surface area is 86.1 Å². The maximum atomic E-state index is 6.03. The zero-order chi connectivity index (χ0) is 10.6. The minimum Gasteiger partial charge on any atom is -0.383 e. The molecule has 2 heteroatoms. The summed E-state index contributed by atoms with van der Waals surface area (Å²) in [6.07, 6.45) is 1.03. The number of ether oxygens (including phenoxy) is 1. The number of benzene rings is 1. The first-order valence-electron chi connectivity index (χ1n) is 5.03. The van der Waals surface area contributed by atoms with Gasteiger partial charge in [-0.2, -0.15) is 0 Å². The Morgan fingerprint density at radius 2 is 2.14 bits per heavy atom. The average Bonchev–Trinajstić information content (AvgIpc) is 2.17. The van der Waals surface area contributed by atoms with Gasteiger partial charge in [0.2, 0.25) is 0 Å². The number of aryl methyl sites for hydroxylation is 1. The average molecular weight is 193 g/mol. The van der Waals surface area contributed by atoms with Crippen LogP contribution in [0.4, 0.5) is 0 Å². The number of rotatable bonds is 4. The molecule has 0 aliphatic heterocycles. The van der Waals surface area contributed by atoms with Gasteiger partial charge in [0.15, 0.2) is 0 Å². The maximum absolute atomic E-state index is 6.03. The van der Waals surface area contributed by atoms with E-state index in [1.807, 2.05) is 0 Å². The van der Waals surface area contributed by atoms with Gasteiger partial charge in [0.1, 0.15) is 0 Å². The van der Waals surface area contributed by atoms with Crippen LogP contribution in [0, 0.1) is 6.92 Å². The molecule has 0 aliphatic rings. The van der Waals surface area contributed by atoms with Crippen molar-refractivity contribution in [3.05, 3.63) is 34.9 Å². The lowest BCUT2D eigenvalue weighted by molar-refractivity contribution is 0.180. The molecule has 0 saturated carbocycles. The zero-order valence-corrected chi connectivity index (χ0v) is 9.21. The Kier molecular flexibility index (Phi) is 4.11. The second-order valence-corrected chi connectivity index (χ2v) is 3.56. The van der Waals surface area contributed by atoms with Crippen molar-refractivity contribution in [3.8, 4) is 0 Å². The molecule has 0 aliphatic carbocycles. The minimum atomic E-state index is -0.00477. The number of nitrogens with two attached hydrogens (primary N) is 1. The molecule has 0 aromatic heterocycles. The van der Waals surface area contributed by atoms with Gasteiger partial charge >= 0.3 is 0 Å². The van der Waals surface area contributed by atoms with Gasteiger partial charge in [-0.25, -0.2) is 0 Å². The van der Waals surface area contributed by atoms with Crippen molar-refractivity contribution in [2.75, 3.05) is 13.7 Å². The van der Waals surface area contributed by atoms with Crippen molar-refractivity contribution in [1.82, 2.24) is 0 Å². The standard InChI is InChI=1S/C12H19NO/c1-4-10-9(2)6-5-7-11(10)12(13)8-14-3/h5-7,12H,4,8,13H2,1-3H3. The third kappa shape index (κ3) is 2.34. The summed E-state index contributed by atoms with van der Waals surface area (Å²) in [6, 6.07) is 6.27. The first kappa shape index (κ1) is 11.2. The monoisotopic (exact) mass is 193 g/mol. The molecule has 0 saturated heterocycles. The highest BCUT2D eigenvalue weighted by Gasteiger charge is 2.10. The highest BCUT2D eigenvalue weighted by Crippen LogP contribution is 2.20. The van der Waals surface area contributed by atoms with E-state index in [1.165, 1.54) is 16.7 Å². The molecule has 0 bridgehead atoms. The predicted octanol–water partition coefficient (Wildman–Crippen LogP) is 2.20. The quantitative estimate of drug-likeness (QED) is 0.795. The second-order valence-electron chi connectivity index (χ2n) is 3.56. The molecule has 1 aromatic carbocycles. The Morgan fingerprint density at radius 1 is 1.43 bits per heavy atom. The third-order valence-electron chi connectivity index (χ3n) is 2.55. The first-order valence-corrected chi connectivity index (χ1v) is 5.03. The molecule has 0 amide bonds. The third-order valence-corrected chi connectivity index (χ3v) is 2.55. The van der Waals surface area contributed by atoms with Crippen LogP contribution in [0.25, 0.3) is 0 Å².